The summed E-state index contributed by atoms with van der Waals surface area (Å²) in [6, 6.07) is 0. The highest BCUT2D eigenvalue weighted by Gasteiger charge is 2.49. The molecule has 0 radical (unpaired) electrons. The van der Waals surface area contributed by atoms with Crippen LogP contribution in [0.1, 0.15) is 13.8 Å². The van der Waals surface area contributed by atoms with Gasteiger partial charge in [-0.3, -0.25) is 14.4 Å². The van der Waals surface area contributed by atoms with E-state index in [0.29, 0.717) is 0 Å². The molecular weight excluding hydrogens is 216 g/mol. The number of Topliss-reactive ketones (excluding diaryl/α,β-unsaturated/α-hetero) is 1. The molecule has 0 aromatic heterocycles. The fourth-order valence-electron chi connectivity index (χ4n) is 1.25. The van der Waals surface area contributed by atoms with Crippen LogP contribution in [0.5, 0.6) is 0 Å². The number of ketones is 1. The second kappa shape index (κ2) is 5.60. The van der Waals surface area contributed by atoms with Crippen LogP contribution in [0.2, 0.25) is 0 Å². The summed E-state index contributed by atoms with van der Waals surface area (Å²) in [4.78, 5) is 34.4. The first-order valence-corrected chi connectivity index (χ1v) is 4.57. The van der Waals surface area contributed by atoms with Crippen LogP contribution in [0.3, 0.4) is 0 Å². The molecule has 0 aliphatic heterocycles. The Morgan fingerprint density at radius 3 is 1.56 bits per heavy atom. The van der Waals surface area contributed by atoms with Crippen LogP contribution < -0.4 is 0 Å². The molecule has 0 bridgehead atoms. The van der Waals surface area contributed by atoms with E-state index < -0.39 is 29.2 Å². The van der Waals surface area contributed by atoms with Crippen LogP contribution in [0.4, 0.5) is 0 Å². The number of hydrogen-bond acceptors (Lipinski definition) is 6. The molecule has 6 heteroatoms. The van der Waals surface area contributed by atoms with Crippen molar-refractivity contribution in [2.45, 2.75) is 19.4 Å². The van der Waals surface area contributed by atoms with E-state index >= 15 is 0 Å². The summed E-state index contributed by atoms with van der Waals surface area (Å²) in [5.41, 5.74) is -1.58. The van der Waals surface area contributed by atoms with E-state index in [1.165, 1.54) is 21.0 Å². The van der Waals surface area contributed by atoms with Gasteiger partial charge in [0.05, 0.1) is 14.2 Å². The van der Waals surface area contributed by atoms with Gasteiger partial charge in [-0.1, -0.05) is 0 Å². The van der Waals surface area contributed by atoms with Crippen LogP contribution in [-0.4, -0.2) is 44.7 Å². The number of carbonyl (C=O) groups excluding carboxylic acids is 3. The van der Waals surface area contributed by atoms with Gasteiger partial charge in [-0.2, -0.15) is 0 Å². The third kappa shape index (κ3) is 2.57. The quantitative estimate of drug-likeness (QED) is 0.488. The van der Waals surface area contributed by atoms with Gasteiger partial charge in [-0.05, 0) is 13.8 Å². The van der Waals surface area contributed by atoms with Crippen LogP contribution >= 0.6 is 0 Å². The molecule has 1 atom stereocenters. The Hall–Kier alpha value is -1.43. The Balaban J connectivity index is 5.39. The number of carbonyl (C=O) groups is 3. The van der Waals surface area contributed by atoms with E-state index in [4.69, 9.17) is 4.74 Å². The van der Waals surface area contributed by atoms with Gasteiger partial charge in [0.15, 0.2) is 11.7 Å². The molecule has 0 aliphatic rings. The Morgan fingerprint density at radius 1 is 1.00 bits per heavy atom. The molecule has 0 fully saturated rings. The van der Waals surface area contributed by atoms with E-state index in [0.717, 1.165) is 14.2 Å². The highest BCUT2D eigenvalue weighted by atomic mass is 16.6. The Kier molecular flexibility index (Phi) is 5.10. The average molecular weight is 232 g/mol. The zero-order chi connectivity index (χ0) is 12.9. The van der Waals surface area contributed by atoms with Gasteiger partial charge in [-0.25, -0.2) is 0 Å². The zero-order valence-corrected chi connectivity index (χ0v) is 10.0. The molecule has 0 aliphatic carbocycles. The van der Waals surface area contributed by atoms with E-state index in [1.807, 2.05) is 0 Å². The van der Waals surface area contributed by atoms with Crippen molar-refractivity contribution in [3.63, 3.8) is 0 Å². The van der Waals surface area contributed by atoms with Gasteiger partial charge < -0.3 is 14.2 Å². The molecule has 0 saturated carbocycles. The second-order valence-corrected chi connectivity index (χ2v) is 3.35. The molecule has 0 aromatic carbocycles. The molecule has 0 aromatic rings. The highest BCUT2D eigenvalue weighted by Crippen LogP contribution is 2.25. The first kappa shape index (κ1) is 14.6. The third-order valence-corrected chi connectivity index (χ3v) is 2.55. The van der Waals surface area contributed by atoms with Gasteiger partial charge in [0.25, 0.3) is 0 Å². The largest absolute Gasteiger partial charge is 0.468 e. The number of esters is 2. The maximum atomic E-state index is 11.5. The van der Waals surface area contributed by atoms with Crippen molar-refractivity contribution in [2.75, 3.05) is 21.3 Å². The van der Waals surface area contributed by atoms with Crippen molar-refractivity contribution in [2.24, 2.45) is 5.92 Å². The zero-order valence-electron chi connectivity index (χ0n) is 10.0. The van der Waals surface area contributed by atoms with E-state index in [2.05, 4.69) is 9.47 Å². The normalized spacial score (nSPS) is 14.1. The lowest BCUT2D eigenvalue weighted by Crippen LogP contribution is -2.51. The summed E-state index contributed by atoms with van der Waals surface area (Å²) in [5.74, 6) is -3.63. The Morgan fingerprint density at radius 2 is 1.38 bits per heavy atom. The van der Waals surface area contributed by atoms with Gasteiger partial charge >= 0.3 is 11.9 Å². The minimum absolute atomic E-state index is 0.462. The van der Waals surface area contributed by atoms with Crippen LogP contribution in [0, 0.1) is 5.92 Å². The minimum Gasteiger partial charge on any atom is -0.468 e. The van der Waals surface area contributed by atoms with E-state index in [1.54, 1.807) is 0 Å². The number of ether oxygens (including phenoxy) is 3. The summed E-state index contributed by atoms with van der Waals surface area (Å²) in [5, 5.41) is 0. The molecule has 0 N–H and O–H groups in total. The molecule has 16 heavy (non-hydrogen) atoms. The third-order valence-electron chi connectivity index (χ3n) is 2.55. The smallest absolute Gasteiger partial charge is 0.323 e. The van der Waals surface area contributed by atoms with Crippen molar-refractivity contribution in [1.82, 2.24) is 0 Å². The van der Waals surface area contributed by atoms with Crippen molar-refractivity contribution in [1.29, 1.82) is 0 Å². The monoisotopic (exact) mass is 232 g/mol. The lowest BCUT2D eigenvalue weighted by Gasteiger charge is -2.30. The first-order chi connectivity index (χ1) is 7.34. The first-order valence-electron chi connectivity index (χ1n) is 4.57. The van der Waals surface area contributed by atoms with Crippen molar-refractivity contribution in [3.05, 3.63) is 0 Å². The molecule has 0 spiro atoms. The van der Waals surface area contributed by atoms with Crippen LogP contribution in [-0.2, 0) is 28.6 Å². The minimum atomic E-state index is -1.58. The van der Waals surface area contributed by atoms with Crippen molar-refractivity contribution < 1.29 is 28.6 Å². The number of hydrogen-bond donors (Lipinski definition) is 0. The highest BCUT2D eigenvalue weighted by molar-refractivity contribution is 6.03. The number of rotatable bonds is 5. The van der Waals surface area contributed by atoms with Gasteiger partial charge in [0.1, 0.15) is 5.60 Å². The van der Waals surface area contributed by atoms with Crippen molar-refractivity contribution in [3.8, 4) is 0 Å². The van der Waals surface area contributed by atoms with Gasteiger partial charge in [-0.15, -0.1) is 0 Å². The number of methoxy groups -OCH3 is 3. The lowest BCUT2D eigenvalue weighted by molar-refractivity contribution is -0.177. The summed E-state index contributed by atoms with van der Waals surface area (Å²) in [7, 11) is 3.48. The van der Waals surface area contributed by atoms with Gasteiger partial charge in [0.2, 0.25) is 0 Å². The molecule has 92 valence electrons. The molecule has 6 nitrogen and oxygen atoms in total. The summed E-state index contributed by atoms with van der Waals surface area (Å²) < 4.78 is 13.9. The fraction of sp³-hybridized carbons (Fsp3) is 0.700. The SMILES string of the molecule is COC(=O)C(C(=O)OC)C(C)(OC)C(C)=O. The summed E-state index contributed by atoms with van der Waals surface area (Å²) in [6.07, 6.45) is 0. The molecular formula is C10H16O6. The second-order valence-electron chi connectivity index (χ2n) is 3.35. The lowest BCUT2D eigenvalue weighted by atomic mass is 9.85. The fourth-order valence-corrected chi connectivity index (χ4v) is 1.25. The molecule has 0 heterocycles. The Labute approximate surface area is 93.8 Å². The predicted molar refractivity (Wildman–Crippen MR) is 53.6 cm³/mol. The van der Waals surface area contributed by atoms with E-state index in [9.17, 15) is 14.4 Å². The topological polar surface area (TPSA) is 78.9 Å². The molecule has 0 amide bonds. The maximum absolute atomic E-state index is 11.5. The standard InChI is InChI=1S/C10H16O6/c1-6(11)10(2,16-5)7(8(12)14-3)9(13)15-4/h7H,1-5H3. The van der Waals surface area contributed by atoms with Crippen LogP contribution in [0.15, 0.2) is 0 Å². The van der Waals surface area contributed by atoms with Crippen molar-refractivity contribution >= 4 is 17.7 Å². The van der Waals surface area contributed by atoms with E-state index in [-0.39, 0.29) is 0 Å². The predicted octanol–water partition coefficient (Wildman–Crippen LogP) is -0.0573. The Bertz CT molecular complexity index is 282. The molecule has 0 saturated heterocycles. The maximum Gasteiger partial charge on any atom is 0.323 e. The average Bonchev–Trinajstić information content (AvgIpc) is 2.27. The van der Waals surface area contributed by atoms with Gasteiger partial charge in [0, 0.05) is 7.11 Å². The summed E-state index contributed by atoms with van der Waals surface area (Å²) in [6.45, 7) is 2.57. The molecule has 0 rings (SSSR count). The molecule has 1 unspecified atom stereocenters. The van der Waals surface area contributed by atoms with Crippen LogP contribution in [0.25, 0.3) is 0 Å². The summed E-state index contributed by atoms with van der Waals surface area (Å²) >= 11 is 0.